The minimum absolute atomic E-state index is 0.0648. The molecule has 3 aromatic carbocycles. The van der Waals surface area contributed by atoms with Gasteiger partial charge in [-0.15, -0.1) is 0 Å². The second kappa shape index (κ2) is 12.6. The molecule has 11 heteroatoms. The summed E-state index contributed by atoms with van der Waals surface area (Å²) >= 11 is 0. The summed E-state index contributed by atoms with van der Waals surface area (Å²) in [4.78, 5) is 22.1. The van der Waals surface area contributed by atoms with Gasteiger partial charge in [-0.05, 0) is 30.7 Å². The smallest absolute Gasteiger partial charge is 0.333 e. The van der Waals surface area contributed by atoms with E-state index in [0.717, 1.165) is 49.9 Å². The number of pyridine rings is 1. The number of benzene rings is 3. The van der Waals surface area contributed by atoms with Crippen LogP contribution >= 0.6 is 0 Å². The van der Waals surface area contributed by atoms with Crippen molar-refractivity contribution in [1.29, 1.82) is 0 Å². The summed E-state index contributed by atoms with van der Waals surface area (Å²) in [6.45, 7) is 4.81. The van der Waals surface area contributed by atoms with E-state index in [1.54, 1.807) is 55.8 Å². The number of nitrogens with one attached hydrogen (secondary N) is 1. The van der Waals surface area contributed by atoms with E-state index in [0.29, 0.717) is 40.3 Å². The highest BCUT2D eigenvalue weighted by atomic mass is 19.1. The van der Waals surface area contributed by atoms with Crippen molar-refractivity contribution in [3.8, 4) is 45.8 Å². The fraction of sp³-hybridized carbons (Fsp3) is 0.250. The number of imidazole rings is 1. The van der Waals surface area contributed by atoms with Crippen LogP contribution in [0.5, 0.6) is 28.9 Å². The molecule has 0 atom stereocenters. The Morgan fingerprint density at radius 1 is 1.00 bits per heavy atom. The number of methoxy groups -OCH3 is 1. The predicted octanol–water partition coefficient (Wildman–Crippen LogP) is 5.13. The lowest BCUT2D eigenvalue weighted by Crippen LogP contribution is -2.37. The number of hydrogen-bond donors (Lipinski definition) is 2. The number of morpholine rings is 1. The van der Waals surface area contributed by atoms with E-state index >= 15 is 4.39 Å². The molecule has 0 spiro atoms. The standard InChI is InChI=1S/C32H31FN4O6/c1-40-28-19-23-25(20-29(28)42-15-5-12-36-13-16-41-17-14-36)34-11-10-26(23)43-27-9-8-22(18-24(27)33)37-31(38)30(35-32(37)39)21-6-3-2-4-7-21/h2-4,6-11,18-20,38H,5,12-17H2,1H3,(H,35,39). The Kier molecular flexibility index (Phi) is 8.25. The third-order valence-electron chi connectivity index (χ3n) is 7.29. The van der Waals surface area contributed by atoms with Gasteiger partial charge in [0.1, 0.15) is 11.4 Å². The molecule has 5 aromatic rings. The van der Waals surface area contributed by atoms with Gasteiger partial charge in [0.15, 0.2) is 23.1 Å². The van der Waals surface area contributed by atoms with Crippen molar-refractivity contribution in [2.45, 2.75) is 6.42 Å². The molecule has 0 aliphatic carbocycles. The molecule has 2 aromatic heterocycles. The maximum Gasteiger partial charge on any atom is 0.333 e. The Balaban J connectivity index is 1.21. The van der Waals surface area contributed by atoms with E-state index in [4.69, 9.17) is 18.9 Å². The summed E-state index contributed by atoms with van der Waals surface area (Å²) < 4.78 is 39.3. The molecule has 2 N–H and O–H groups in total. The first-order chi connectivity index (χ1) is 21.0. The lowest BCUT2D eigenvalue weighted by atomic mass is 10.1. The highest BCUT2D eigenvalue weighted by Gasteiger charge is 2.19. The molecule has 10 nitrogen and oxygen atoms in total. The molecule has 1 saturated heterocycles. The van der Waals surface area contributed by atoms with Crippen molar-refractivity contribution in [3.63, 3.8) is 0 Å². The van der Waals surface area contributed by atoms with Gasteiger partial charge in [0.25, 0.3) is 0 Å². The monoisotopic (exact) mass is 586 g/mol. The number of halogens is 1. The van der Waals surface area contributed by atoms with Crippen LogP contribution in [0.25, 0.3) is 27.8 Å². The van der Waals surface area contributed by atoms with Gasteiger partial charge < -0.3 is 29.0 Å². The van der Waals surface area contributed by atoms with E-state index in [-0.39, 0.29) is 23.0 Å². The lowest BCUT2D eigenvalue weighted by molar-refractivity contribution is 0.0357. The van der Waals surface area contributed by atoms with E-state index in [9.17, 15) is 9.90 Å². The molecular weight excluding hydrogens is 555 g/mol. The number of H-pyrrole nitrogens is 1. The number of aromatic amines is 1. The van der Waals surface area contributed by atoms with E-state index in [2.05, 4.69) is 14.9 Å². The van der Waals surface area contributed by atoms with Gasteiger partial charge in [0.05, 0.1) is 38.1 Å². The number of aromatic hydroxyl groups is 1. The van der Waals surface area contributed by atoms with Gasteiger partial charge in [0, 0.05) is 48.9 Å². The predicted molar refractivity (Wildman–Crippen MR) is 159 cm³/mol. The zero-order chi connectivity index (χ0) is 29.8. The van der Waals surface area contributed by atoms with Gasteiger partial charge >= 0.3 is 5.69 Å². The van der Waals surface area contributed by atoms with Gasteiger partial charge in [0.2, 0.25) is 5.88 Å². The third kappa shape index (κ3) is 6.04. The van der Waals surface area contributed by atoms with Crippen LogP contribution in [0.4, 0.5) is 4.39 Å². The zero-order valence-corrected chi connectivity index (χ0v) is 23.6. The molecule has 0 amide bonds. The van der Waals surface area contributed by atoms with Crippen LogP contribution in [0, 0.1) is 5.82 Å². The Morgan fingerprint density at radius 2 is 1.81 bits per heavy atom. The van der Waals surface area contributed by atoms with Crippen molar-refractivity contribution in [2.75, 3.05) is 46.6 Å². The highest BCUT2D eigenvalue weighted by Crippen LogP contribution is 2.38. The van der Waals surface area contributed by atoms with Gasteiger partial charge in [-0.2, -0.15) is 0 Å². The number of aromatic nitrogens is 3. The summed E-state index contributed by atoms with van der Waals surface area (Å²) in [5.74, 6) is 0.318. The molecule has 1 fully saturated rings. The average Bonchev–Trinajstić information content (AvgIpc) is 3.34. The first-order valence-electron chi connectivity index (χ1n) is 14.0. The van der Waals surface area contributed by atoms with E-state index < -0.39 is 11.5 Å². The van der Waals surface area contributed by atoms with Crippen LogP contribution in [0.2, 0.25) is 0 Å². The normalized spacial score (nSPS) is 13.7. The second-order valence-electron chi connectivity index (χ2n) is 10.0. The largest absolute Gasteiger partial charge is 0.493 e. The van der Waals surface area contributed by atoms with E-state index in [1.807, 2.05) is 6.07 Å². The fourth-order valence-electron chi connectivity index (χ4n) is 5.09. The fourth-order valence-corrected chi connectivity index (χ4v) is 5.09. The average molecular weight is 587 g/mol. The Hall–Kier alpha value is -4.87. The number of fused-ring (bicyclic) bond motifs is 1. The summed E-state index contributed by atoms with van der Waals surface area (Å²) in [7, 11) is 1.55. The summed E-state index contributed by atoms with van der Waals surface area (Å²) in [5, 5.41) is 11.4. The Labute approximate surface area is 246 Å². The van der Waals surface area contributed by atoms with E-state index in [1.165, 1.54) is 12.1 Å². The minimum Gasteiger partial charge on any atom is -0.493 e. The minimum atomic E-state index is -0.719. The molecule has 0 bridgehead atoms. The molecule has 43 heavy (non-hydrogen) atoms. The SMILES string of the molecule is COc1cc2c(Oc3ccc(-n4c(O)c(-c5ccccc5)[nH]c4=O)cc3F)ccnc2cc1OCCCN1CCOCC1. The molecule has 6 rings (SSSR count). The van der Waals surface area contributed by atoms with Crippen LogP contribution in [0.1, 0.15) is 6.42 Å². The first kappa shape index (κ1) is 28.3. The van der Waals surface area contributed by atoms with Gasteiger partial charge in [-0.1, -0.05) is 30.3 Å². The van der Waals surface area contributed by atoms with Crippen LogP contribution in [-0.4, -0.2) is 71.1 Å². The van der Waals surface area contributed by atoms with Crippen LogP contribution in [0.15, 0.2) is 77.7 Å². The zero-order valence-electron chi connectivity index (χ0n) is 23.6. The second-order valence-corrected chi connectivity index (χ2v) is 10.0. The first-order valence-corrected chi connectivity index (χ1v) is 14.0. The molecule has 3 heterocycles. The summed E-state index contributed by atoms with van der Waals surface area (Å²) in [5.41, 5.74) is 0.996. The van der Waals surface area contributed by atoms with Crippen molar-refractivity contribution in [3.05, 3.63) is 89.2 Å². The number of nitrogens with zero attached hydrogens (tertiary/aromatic N) is 3. The number of hydrogen-bond acceptors (Lipinski definition) is 8. The number of rotatable bonds is 10. The van der Waals surface area contributed by atoms with Crippen LogP contribution < -0.4 is 19.9 Å². The molecule has 0 unspecified atom stereocenters. The van der Waals surface area contributed by atoms with Crippen molar-refractivity contribution in [1.82, 2.24) is 19.4 Å². The maximum absolute atomic E-state index is 15.3. The molecule has 0 saturated carbocycles. The van der Waals surface area contributed by atoms with Crippen molar-refractivity contribution in [2.24, 2.45) is 0 Å². The molecule has 222 valence electrons. The van der Waals surface area contributed by atoms with Crippen LogP contribution in [-0.2, 0) is 4.74 Å². The molecule has 0 radical (unpaired) electrons. The number of ether oxygens (including phenoxy) is 4. The summed E-state index contributed by atoms with van der Waals surface area (Å²) in [6.07, 6.45) is 2.42. The van der Waals surface area contributed by atoms with Gasteiger partial charge in [-0.25, -0.2) is 13.8 Å². The van der Waals surface area contributed by atoms with Gasteiger partial charge in [-0.3, -0.25) is 9.88 Å². The highest BCUT2D eigenvalue weighted by molar-refractivity contribution is 5.88. The lowest BCUT2D eigenvalue weighted by Gasteiger charge is -2.26. The van der Waals surface area contributed by atoms with Crippen molar-refractivity contribution < 1.29 is 28.4 Å². The topological polar surface area (TPSA) is 111 Å². The van der Waals surface area contributed by atoms with Crippen LogP contribution in [0.3, 0.4) is 0 Å². The molecular formula is C32H31FN4O6. The molecule has 1 aliphatic heterocycles. The summed E-state index contributed by atoms with van der Waals surface area (Å²) in [6, 6.07) is 18.1. The Morgan fingerprint density at radius 3 is 2.58 bits per heavy atom. The van der Waals surface area contributed by atoms with Crippen molar-refractivity contribution >= 4 is 10.9 Å². The quantitative estimate of drug-likeness (QED) is 0.217. The molecule has 1 aliphatic rings. The maximum atomic E-state index is 15.3. The Bertz CT molecular complexity index is 1780. The third-order valence-corrected chi connectivity index (χ3v) is 7.29.